The van der Waals surface area contributed by atoms with Gasteiger partial charge in [-0.05, 0) is 42.0 Å². The normalized spacial score (nSPS) is 10.4. The Morgan fingerprint density at radius 3 is 2.87 bits per heavy atom. The van der Waals surface area contributed by atoms with Gasteiger partial charge in [-0.3, -0.25) is 4.98 Å². The van der Waals surface area contributed by atoms with E-state index in [1.165, 1.54) is 16.9 Å². The lowest BCUT2D eigenvalue weighted by atomic mass is 10.2. The van der Waals surface area contributed by atoms with Crippen molar-refractivity contribution in [2.75, 3.05) is 24.2 Å². The van der Waals surface area contributed by atoms with Crippen LogP contribution >= 0.6 is 11.3 Å². The predicted molar refractivity (Wildman–Crippen MR) is 121 cm³/mol. The van der Waals surface area contributed by atoms with Crippen LogP contribution in [0.25, 0.3) is 10.2 Å². The molecular weight excluding hydrogens is 396 g/mol. The first-order valence-corrected chi connectivity index (χ1v) is 10.2. The summed E-state index contributed by atoms with van der Waals surface area (Å²) in [5.41, 5.74) is 9.07. The monoisotopic (exact) mass is 416 g/mol. The third-order valence-electron chi connectivity index (χ3n) is 4.35. The van der Waals surface area contributed by atoms with Gasteiger partial charge in [0.1, 0.15) is 17.0 Å². The number of benzene rings is 2. The summed E-state index contributed by atoms with van der Waals surface area (Å²) in [5, 5.41) is 13.8. The number of anilines is 2. The smallest absolute Gasteiger partial charge is 0.181 e. The van der Waals surface area contributed by atoms with Crippen LogP contribution in [0.15, 0.2) is 60.9 Å². The Kier molecular flexibility index (Phi) is 5.97. The van der Waals surface area contributed by atoms with Gasteiger partial charge in [-0.1, -0.05) is 29.2 Å². The average Bonchev–Trinajstić information content (AvgIpc) is 3.13. The molecule has 7 heteroatoms. The Balaban J connectivity index is 1.32. The van der Waals surface area contributed by atoms with Crippen LogP contribution in [0.2, 0.25) is 0 Å². The van der Waals surface area contributed by atoms with Crippen molar-refractivity contribution in [1.82, 2.24) is 9.97 Å². The fourth-order valence-corrected chi connectivity index (χ4v) is 3.72. The number of ether oxygens (including phenoxy) is 1. The van der Waals surface area contributed by atoms with Crippen molar-refractivity contribution in [1.29, 1.82) is 0 Å². The molecule has 0 radical (unpaired) electrons. The Morgan fingerprint density at radius 1 is 1.13 bits per heavy atom. The van der Waals surface area contributed by atoms with Crippen molar-refractivity contribution in [3.63, 3.8) is 0 Å². The van der Waals surface area contributed by atoms with E-state index in [-0.39, 0.29) is 5.75 Å². The fraction of sp³-hybridized carbons (Fsp3) is 0.130. The largest absolute Gasteiger partial charge is 0.506 e. The molecule has 30 heavy (non-hydrogen) atoms. The molecule has 2 aromatic carbocycles. The molecule has 150 valence electrons. The average molecular weight is 417 g/mol. The highest BCUT2D eigenvalue weighted by Crippen LogP contribution is 2.31. The summed E-state index contributed by atoms with van der Waals surface area (Å²) in [7, 11) is 0. The Bertz CT molecular complexity index is 1210. The molecule has 0 bridgehead atoms. The fourth-order valence-electron chi connectivity index (χ4n) is 2.93. The standard InChI is InChI=1S/C23H20N4O2S/c24-23-27-22-20(28)13-17(14-21(22)30-23)3-2-9-26-18-4-1-5-19(15-18)29-12-8-16-6-10-25-11-7-16/h1,4-7,10-11,13-15,26,28H,8-9,12H2,(H2,24,27). The number of hydrogen-bond donors (Lipinski definition) is 3. The van der Waals surface area contributed by atoms with E-state index in [0.29, 0.717) is 23.8 Å². The number of hydrogen-bond acceptors (Lipinski definition) is 7. The van der Waals surface area contributed by atoms with Crippen LogP contribution in [-0.2, 0) is 6.42 Å². The van der Waals surface area contributed by atoms with E-state index in [9.17, 15) is 5.11 Å². The maximum Gasteiger partial charge on any atom is 0.181 e. The lowest BCUT2D eigenvalue weighted by Gasteiger charge is -2.08. The molecule has 0 saturated carbocycles. The number of nitrogens with two attached hydrogens (primary N) is 1. The van der Waals surface area contributed by atoms with Crippen LogP contribution in [0.5, 0.6) is 11.5 Å². The molecule has 0 amide bonds. The second kappa shape index (κ2) is 9.16. The minimum Gasteiger partial charge on any atom is -0.506 e. The first-order chi connectivity index (χ1) is 14.7. The van der Waals surface area contributed by atoms with Crippen LogP contribution in [0.1, 0.15) is 11.1 Å². The molecule has 0 aliphatic heterocycles. The second-order valence-corrected chi connectivity index (χ2v) is 7.59. The van der Waals surface area contributed by atoms with Crippen LogP contribution in [-0.4, -0.2) is 28.2 Å². The molecule has 0 atom stereocenters. The van der Waals surface area contributed by atoms with Gasteiger partial charge in [0.25, 0.3) is 0 Å². The summed E-state index contributed by atoms with van der Waals surface area (Å²) in [5.74, 6) is 7.02. The van der Waals surface area contributed by atoms with Crippen LogP contribution < -0.4 is 15.8 Å². The molecule has 0 aliphatic rings. The lowest BCUT2D eigenvalue weighted by molar-refractivity contribution is 0.322. The van der Waals surface area contributed by atoms with E-state index in [0.717, 1.165) is 28.1 Å². The molecule has 0 unspecified atom stereocenters. The number of nitrogen functional groups attached to an aromatic ring is 1. The van der Waals surface area contributed by atoms with Crippen LogP contribution in [0, 0.1) is 11.8 Å². The van der Waals surface area contributed by atoms with E-state index >= 15 is 0 Å². The molecule has 4 rings (SSSR count). The zero-order valence-electron chi connectivity index (χ0n) is 16.1. The number of nitrogens with zero attached hydrogens (tertiary/aromatic N) is 2. The molecule has 6 nitrogen and oxygen atoms in total. The molecule has 0 saturated heterocycles. The molecule has 2 heterocycles. The Labute approximate surface area is 178 Å². The summed E-state index contributed by atoms with van der Waals surface area (Å²) in [4.78, 5) is 8.12. The first-order valence-electron chi connectivity index (χ1n) is 9.41. The van der Waals surface area contributed by atoms with Gasteiger partial charge in [-0.25, -0.2) is 4.98 Å². The minimum atomic E-state index is 0.0920. The number of phenols is 1. The van der Waals surface area contributed by atoms with E-state index in [1.807, 2.05) is 42.5 Å². The number of thiazole rings is 1. The highest BCUT2D eigenvalue weighted by atomic mass is 32.1. The number of phenolic OH excluding ortho intramolecular Hbond substituents is 1. The first kappa shape index (κ1) is 19.6. The summed E-state index contributed by atoms with van der Waals surface area (Å²) >= 11 is 1.33. The number of nitrogens with one attached hydrogen (secondary N) is 1. The van der Waals surface area contributed by atoms with Crippen LogP contribution in [0.3, 0.4) is 0 Å². The molecular formula is C23H20N4O2S. The summed E-state index contributed by atoms with van der Waals surface area (Å²) in [6.07, 6.45) is 4.40. The second-order valence-electron chi connectivity index (χ2n) is 6.53. The van der Waals surface area contributed by atoms with Crippen LogP contribution in [0.4, 0.5) is 10.8 Å². The molecule has 0 fully saturated rings. The predicted octanol–water partition coefficient (Wildman–Crippen LogP) is 4.06. The van der Waals surface area contributed by atoms with Gasteiger partial charge in [-0.15, -0.1) is 0 Å². The molecule has 0 aliphatic carbocycles. The highest BCUT2D eigenvalue weighted by molar-refractivity contribution is 7.22. The quantitative estimate of drug-likeness (QED) is 0.411. The number of aromatic nitrogens is 2. The summed E-state index contributed by atoms with van der Waals surface area (Å²) in [6, 6.07) is 15.3. The maximum atomic E-state index is 10.1. The van der Waals surface area contributed by atoms with E-state index in [2.05, 4.69) is 27.1 Å². The molecule has 4 N–H and O–H groups in total. The SMILES string of the molecule is Nc1nc2c(O)cc(C#CCNc3cccc(OCCc4ccncc4)c3)cc2s1. The van der Waals surface area contributed by atoms with Gasteiger partial charge in [0.05, 0.1) is 17.9 Å². The van der Waals surface area contributed by atoms with E-state index in [1.54, 1.807) is 18.5 Å². The number of fused-ring (bicyclic) bond motifs is 1. The van der Waals surface area contributed by atoms with Crippen molar-refractivity contribution in [2.24, 2.45) is 0 Å². The van der Waals surface area contributed by atoms with Gasteiger partial charge >= 0.3 is 0 Å². The number of pyridine rings is 1. The van der Waals surface area contributed by atoms with E-state index < -0.39 is 0 Å². The maximum absolute atomic E-state index is 10.1. The topological polar surface area (TPSA) is 93.3 Å². The van der Waals surface area contributed by atoms with Crippen molar-refractivity contribution in [3.8, 4) is 23.3 Å². The zero-order chi connectivity index (χ0) is 20.8. The summed E-state index contributed by atoms with van der Waals surface area (Å²) < 4.78 is 6.66. The lowest BCUT2D eigenvalue weighted by Crippen LogP contribution is -2.03. The third kappa shape index (κ3) is 4.99. The highest BCUT2D eigenvalue weighted by Gasteiger charge is 2.07. The summed E-state index contributed by atoms with van der Waals surface area (Å²) in [6.45, 7) is 1.06. The van der Waals surface area contributed by atoms with Gasteiger partial charge in [0.15, 0.2) is 5.13 Å². The Morgan fingerprint density at radius 2 is 2.00 bits per heavy atom. The van der Waals surface area contributed by atoms with Gasteiger partial charge < -0.3 is 20.9 Å². The van der Waals surface area contributed by atoms with E-state index in [4.69, 9.17) is 10.5 Å². The molecule has 2 aromatic heterocycles. The number of aromatic hydroxyl groups is 1. The van der Waals surface area contributed by atoms with Crippen molar-refractivity contribution < 1.29 is 9.84 Å². The van der Waals surface area contributed by atoms with Crippen molar-refractivity contribution in [2.45, 2.75) is 6.42 Å². The zero-order valence-corrected chi connectivity index (χ0v) is 16.9. The molecule has 0 spiro atoms. The minimum absolute atomic E-state index is 0.0920. The molecule has 4 aromatic rings. The van der Waals surface area contributed by atoms with Gasteiger partial charge in [0, 0.05) is 36.1 Å². The number of rotatable bonds is 6. The van der Waals surface area contributed by atoms with Crippen molar-refractivity contribution in [3.05, 3.63) is 72.1 Å². The van der Waals surface area contributed by atoms with Crippen molar-refractivity contribution >= 4 is 32.4 Å². The van der Waals surface area contributed by atoms with Gasteiger partial charge in [0.2, 0.25) is 0 Å². The Hall–Kier alpha value is -3.76. The van der Waals surface area contributed by atoms with Gasteiger partial charge in [-0.2, -0.15) is 0 Å². The third-order valence-corrected chi connectivity index (χ3v) is 5.18.